The zero-order chi connectivity index (χ0) is 38.1. The van der Waals surface area contributed by atoms with E-state index in [9.17, 15) is 0 Å². The van der Waals surface area contributed by atoms with E-state index in [1.807, 2.05) is 0 Å². The molecule has 274 valence electrons. The monoisotopic (exact) mass is 716 g/mol. The average molecular weight is 717 g/mol. The smallest absolute Gasteiger partial charge is 0.252 e. The second-order valence-electron chi connectivity index (χ2n) is 19.4. The van der Waals surface area contributed by atoms with E-state index in [0.717, 1.165) is 0 Å². The molecule has 3 heteroatoms. The summed E-state index contributed by atoms with van der Waals surface area (Å²) in [5.41, 5.74) is 20.4. The highest BCUT2D eigenvalue weighted by Gasteiger charge is 2.61. The molecule has 6 aromatic carbocycles. The van der Waals surface area contributed by atoms with Crippen molar-refractivity contribution >= 4 is 51.5 Å². The summed E-state index contributed by atoms with van der Waals surface area (Å²) >= 11 is 0. The Hall–Kier alpha value is -5.02. The van der Waals surface area contributed by atoms with Crippen molar-refractivity contribution in [3.05, 3.63) is 144 Å². The highest BCUT2D eigenvalue weighted by Crippen LogP contribution is 2.62. The molecule has 0 amide bonds. The minimum atomic E-state index is -0.0412. The van der Waals surface area contributed by atoms with E-state index in [1.165, 1.54) is 104 Å². The Balaban J connectivity index is 1.34. The van der Waals surface area contributed by atoms with Gasteiger partial charge in [-0.2, -0.15) is 0 Å². The average Bonchev–Trinajstić information content (AvgIpc) is 3.39. The van der Waals surface area contributed by atoms with Gasteiger partial charge in [-0.05, 0) is 116 Å². The molecule has 0 saturated heterocycles. The van der Waals surface area contributed by atoms with Gasteiger partial charge in [0.15, 0.2) is 0 Å². The number of nitrogens with zero attached hydrogens (tertiary/aromatic N) is 2. The molecule has 1 aliphatic carbocycles. The summed E-state index contributed by atoms with van der Waals surface area (Å²) in [6.45, 7) is 19.7. The van der Waals surface area contributed by atoms with Crippen molar-refractivity contribution < 1.29 is 0 Å². The molecule has 0 aromatic heterocycles. The topological polar surface area (TPSA) is 6.48 Å². The molecule has 2 nitrogen and oxygen atoms in total. The molecule has 6 aromatic rings. The summed E-state index contributed by atoms with van der Waals surface area (Å²) in [5.74, 6) is 0. The first kappa shape index (κ1) is 34.5. The van der Waals surface area contributed by atoms with Gasteiger partial charge in [-0.3, -0.25) is 0 Å². The molecule has 1 fully saturated rings. The van der Waals surface area contributed by atoms with Crippen LogP contribution < -0.4 is 26.2 Å². The van der Waals surface area contributed by atoms with Crippen molar-refractivity contribution in [3.8, 4) is 22.3 Å². The van der Waals surface area contributed by atoms with Crippen LogP contribution in [0.3, 0.4) is 0 Å². The van der Waals surface area contributed by atoms with Gasteiger partial charge < -0.3 is 9.80 Å². The Morgan fingerprint density at radius 1 is 0.527 bits per heavy atom. The lowest BCUT2D eigenvalue weighted by Gasteiger charge is -2.53. The minimum absolute atomic E-state index is 0.0242. The summed E-state index contributed by atoms with van der Waals surface area (Å²) in [6, 6.07) is 48.7. The Morgan fingerprint density at radius 2 is 1.13 bits per heavy atom. The SMILES string of the molecule is CC(C)(C)c1cc2c3c(c1)N1c4c(cc(C(C)(C)C)cc4C4(C)CCCCC14C)B3c1ccc(-c3ccccc3)cc1N2c1cccc(-c2ccccc2)c1. The number of anilines is 5. The van der Waals surface area contributed by atoms with Gasteiger partial charge in [-0.15, -0.1) is 0 Å². The van der Waals surface area contributed by atoms with E-state index in [0.29, 0.717) is 0 Å². The molecular formula is C52H53BN2. The molecule has 10 rings (SSSR count). The third-order valence-electron chi connectivity index (χ3n) is 14.1. The molecule has 3 aliphatic heterocycles. The number of rotatable bonds is 3. The van der Waals surface area contributed by atoms with Crippen LogP contribution in [0, 0.1) is 0 Å². The van der Waals surface area contributed by atoms with Gasteiger partial charge in [-0.1, -0.05) is 158 Å². The van der Waals surface area contributed by atoms with Gasteiger partial charge in [0.2, 0.25) is 0 Å². The highest BCUT2D eigenvalue weighted by molar-refractivity contribution is 7.00. The number of hydrogen-bond acceptors (Lipinski definition) is 2. The molecule has 0 bridgehead atoms. The van der Waals surface area contributed by atoms with E-state index < -0.39 is 0 Å². The fraction of sp³-hybridized carbons (Fsp3) is 0.308. The van der Waals surface area contributed by atoms with Gasteiger partial charge in [0.05, 0.1) is 5.54 Å². The van der Waals surface area contributed by atoms with Gasteiger partial charge in [0, 0.05) is 33.9 Å². The summed E-state index contributed by atoms with van der Waals surface area (Å²) in [6.07, 6.45) is 4.98. The van der Waals surface area contributed by atoms with E-state index >= 15 is 0 Å². The molecule has 2 unspecified atom stereocenters. The van der Waals surface area contributed by atoms with Crippen molar-refractivity contribution in [3.63, 3.8) is 0 Å². The van der Waals surface area contributed by atoms with E-state index in [-0.39, 0.29) is 28.5 Å². The molecule has 0 spiro atoms. The molecule has 0 N–H and O–H groups in total. The van der Waals surface area contributed by atoms with Crippen molar-refractivity contribution in [1.82, 2.24) is 0 Å². The highest BCUT2D eigenvalue weighted by atomic mass is 15.3. The normalized spacial score (nSPS) is 20.8. The van der Waals surface area contributed by atoms with Crippen LogP contribution in [0.2, 0.25) is 0 Å². The Morgan fingerprint density at radius 3 is 1.80 bits per heavy atom. The first-order valence-electron chi connectivity index (χ1n) is 20.6. The molecule has 4 aliphatic rings. The first-order valence-corrected chi connectivity index (χ1v) is 20.6. The maximum atomic E-state index is 2.88. The maximum absolute atomic E-state index is 2.88. The maximum Gasteiger partial charge on any atom is 0.252 e. The zero-order valence-electron chi connectivity index (χ0n) is 33.9. The summed E-state index contributed by atoms with van der Waals surface area (Å²) < 4.78 is 0. The van der Waals surface area contributed by atoms with Crippen LogP contribution in [0.25, 0.3) is 22.3 Å². The molecule has 0 radical (unpaired) electrons. The Bertz CT molecular complexity index is 2500. The number of benzene rings is 6. The van der Waals surface area contributed by atoms with Gasteiger partial charge in [0.25, 0.3) is 6.71 Å². The van der Waals surface area contributed by atoms with E-state index in [4.69, 9.17) is 0 Å². The van der Waals surface area contributed by atoms with Crippen molar-refractivity contribution in [1.29, 1.82) is 0 Å². The molecule has 55 heavy (non-hydrogen) atoms. The summed E-state index contributed by atoms with van der Waals surface area (Å²) in [7, 11) is 0. The quantitative estimate of drug-likeness (QED) is 0.168. The Kier molecular flexibility index (Phi) is 7.36. The second kappa shape index (κ2) is 11.7. The third-order valence-corrected chi connectivity index (χ3v) is 14.1. The van der Waals surface area contributed by atoms with E-state index in [2.05, 4.69) is 193 Å². The lowest BCUT2D eigenvalue weighted by atomic mass is 9.33. The lowest BCUT2D eigenvalue weighted by Crippen LogP contribution is -2.64. The third kappa shape index (κ3) is 4.94. The van der Waals surface area contributed by atoms with Crippen LogP contribution >= 0.6 is 0 Å². The predicted octanol–water partition coefficient (Wildman–Crippen LogP) is 12.0. The second-order valence-corrected chi connectivity index (χ2v) is 19.4. The fourth-order valence-electron chi connectivity index (χ4n) is 10.7. The largest absolute Gasteiger partial charge is 0.335 e. The molecule has 1 saturated carbocycles. The number of hydrogen-bond donors (Lipinski definition) is 0. The van der Waals surface area contributed by atoms with Crippen LogP contribution in [-0.4, -0.2) is 12.3 Å². The van der Waals surface area contributed by atoms with Crippen molar-refractivity contribution in [2.75, 3.05) is 9.80 Å². The van der Waals surface area contributed by atoms with Crippen LogP contribution in [0.15, 0.2) is 127 Å². The Labute approximate surface area is 329 Å². The van der Waals surface area contributed by atoms with Crippen LogP contribution in [0.4, 0.5) is 28.4 Å². The van der Waals surface area contributed by atoms with Crippen molar-refractivity contribution in [2.45, 2.75) is 103 Å². The molecule has 2 atom stereocenters. The number of fused-ring (bicyclic) bond motifs is 7. The standard InChI is InChI=1S/C52H53BN2/c1-49(2,3)38-30-41-48-43(31-38)53-42-25-24-37(35-20-13-10-14-21-35)29-44(42)54(40-23-17-22-36(28-40)34-18-11-9-12-19-34)45-32-39(50(4,5)6)33-46(47(45)53)55(48)52(8)27-16-15-26-51(41,52)7/h9-14,17-25,28-33H,15-16,26-27H2,1-8H3. The van der Waals surface area contributed by atoms with Crippen molar-refractivity contribution in [2.24, 2.45) is 0 Å². The first-order chi connectivity index (χ1) is 26.3. The minimum Gasteiger partial charge on any atom is -0.335 e. The van der Waals surface area contributed by atoms with Crippen LogP contribution in [0.1, 0.15) is 97.8 Å². The molecule has 3 heterocycles. The zero-order valence-corrected chi connectivity index (χ0v) is 33.9. The predicted molar refractivity (Wildman–Crippen MR) is 237 cm³/mol. The summed E-state index contributed by atoms with van der Waals surface area (Å²) in [5, 5.41) is 0. The molecular weight excluding hydrogens is 663 g/mol. The van der Waals surface area contributed by atoms with E-state index in [1.54, 1.807) is 5.56 Å². The van der Waals surface area contributed by atoms with Crippen LogP contribution in [-0.2, 0) is 16.2 Å². The fourth-order valence-corrected chi connectivity index (χ4v) is 10.7. The van der Waals surface area contributed by atoms with Gasteiger partial charge in [-0.25, -0.2) is 0 Å². The lowest BCUT2D eigenvalue weighted by molar-refractivity contribution is 0.195. The van der Waals surface area contributed by atoms with Crippen LogP contribution in [0.5, 0.6) is 0 Å². The van der Waals surface area contributed by atoms with Gasteiger partial charge in [0.1, 0.15) is 0 Å². The summed E-state index contributed by atoms with van der Waals surface area (Å²) in [4.78, 5) is 5.51. The van der Waals surface area contributed by atoms with Gasteiger partial charge >= 0.3 is 0 Å².